The molecule has 1 saturated carbocycles. The maximum Gasteiger partial charge on any atom is 0.435 e. The van der Waals surface area contributed by atoms with Gasteiger partial charge in [-0.3, -0.25) is 14.2 Å². The number of benzene rings is 2. The molecule has 0 spiro atoms. The highest BCUT2D eigenvalue weighted by atomic mass is 35.5. The number of nitrogens with zero attached hydrogens (tertiary/aromatic N) is 8. The topological polar surface area (TPSA) is 210 Å². The fraction of sp³-hybridized carbons (Fsp3) is 0.422. The molecule has 2 aliphatic carbocycles. The number of alkyl halides is 8. The Hall–Kier alpha value is -6.67. The van der Waals surface area contributed by atoms with Crippen LogP contribution in [0.2, 0.25) is 5.02 Å². The lowest BCUT2D eigenvalue weighted by Gasteiger charge is -2.26. The lowest BCUT2D eigenvalue weighted by molar-refractivity contribution is -0.143. The SMILES string of the molecule is CN(CCN(C)C(=O)N(c1nn(CC(F)(F)F)c2c(-c3ccc(C#CC(C)(C)S(C)(=O)=O)nc3[C@H](Cc3cc(F)cc(F)c3)NC(=O)Cn3nc(C(F)(F)F)c4c3C(F)(F)[C@@H]3C[C@H]43)ccc(Cl)c12)S(C)(=O)=O)C(=O)O. The molecule has 2 aromatic carbocycles. The van der Waals surface area contributed by atoms with Crippen molar-refractivity contribution in [1.29, 1.82) is 0 Å². The zero-order valence-corrected chi connectivity index (χ0v) is 42.3. The maximum atomic E-state index is 15.6. The summed E-state index contributed by atoms with van der Waals surface area (Å²) in [4.78, 5) is 45.6. The molecule has 75 heavy (non-hydrogen) atoms. The normalized spacial score (nSPS) is 16.7. The third-order valence-corrected chi connectivity index (χ3v) is 15.7. The van der Waals surface area contributed by atoms with Crippen molar-refractivity contribution in [3.8, 4) is 23.0 Å². The van der Waals surface area contributed by atoms with Gasteiger partial charge in [0.25, 0.3) is 5.92 Å². The lowest BCUT2D eigenvalue weighted by Crippen LogP contribution is -2.47. The summed E-state index contributed by atoms with van der Waals surface area (Å²) in [5.41, 5.74) is -6.09. The molecule has 0 aliphatic heterocycles. The first-order valence-corrected chi connectivity index (χ1v) is 26.0. The van der Waals surface area contributed by atoms with E-state index in [0.29, 0.717) is 12.3 Å². The molecule has 1 fully saturated rings. The van der Waals surface area contributed by atoms with Crippen molar-refractivity contribution in [3.05, 3.63) is 93.0 Å². The zero-order valence-electron chi connectivity index (χ0n) is 39.9. The molecule has 30 heteroatoms. The number of carbonyl (C=O) groups is 3. The Kier molecular flexibility index (Phi) is 14.6. The number of carbonyl (C=O) groups excluding carboxylic acids is 2. The average molecular weight is 1130 g/mol. The van der Waals surface area contributed by atoms with Crippen LogP contribution >= 0.6 is 11.6 Å². The standard InChI is InChI=1S/C45H42ClF10N9O8S2/c1-42(2,74(5,70)71)12-11-25-7-8-26(27-9-10-30(46)34-36(27)64(21-43(49,50)51)60-39(34)65(75(6,72)73)40(67)61(3)13-14-62(4)41(68)69)35(57-25)31(17-22-15-23(47)18-24(48)16-22)58-32(66)20-63-38-33(37(59-63)45(54,55)56)28-19-29(28)44(38,52)53/h7-10,15-16,18,28-29,31H,13-14,17,19-21H2,1-6H3,(H,58,66)(H,68,69)/t28-,29+,31-/m0/s1. The number of sulfonamides is 1. The van der Waals surface area contributed by atoms with Crippen LogP contribution in [-0.4, -0.2) is 125 Å². The molecule has 7 rings (SSSR count). The molecule has 0 unspecified atom stereocenters. The quantitative estimate of drug-likeness (QED) is 0.0812. The molecule has 0 radical (unpaired) electrons. The van der Waals surface area contributed by atoms with Gasteiger partial charge in [0.2, 0.25) is 15.9 Å². The van der Waals surface area contributed by atoms with Gasteiger partial charge in [-0.1, -0.05) is 23.6 Å². The smallest absolute Gasteiger partial charge is 0.435 e. The Morgan fingerprint density at radius 1 is 0.920 bits per heavy atom. The van der Waals surface area contributed by atoms with Crippen molar-refractivity contribution in [1.82, 2.24) is 39.7 Å². The van der Waals surface area contributed by atoms with Crippen molar-refractivity contribution in [2.24, 2.45) is 5.92 Å². The minimum Gasteiger partial charge on any atom is -0.465 e. The number of nitrogens with one attached hydrogen (secondary N) is 1. The molecular weight excluding hydrogens is 1080 g/mol. The summed E-state index contributed by atoms with van der Waals surface area (Å²) in [6.45, 7) is -1.72. The molecular formula is C45H42ClF10N9O8S2. The van der Waals surface area contributed by atoms with Crippen molar-refractivity contribution in [2.75, 3.05) is 44.0 Å². The largest absolute Gasteiger partial charge is 0.465 e. The number of pyridine rings is 1. The van der Waals surface area contributed by atoms with E-state index in [1.807, 2.05) is 0 Å². The number of sulfone groups is 1. The maximum absolute atomic E-state index is 15.6. The molecule has 2 N–H and O–H groups in total. The number of anilines is 1. The van der Waals surface area contributed by atoms with Gasteiger partial charge in [0.1, 0.15) is 40.9 Å². The van der Waals surface area contributed by atoms with Crippen LogP contribution in [0, 0.1) is 29.4 Å². The minimum atomic E-state index is -5.24. The fourth-order valence-corrected chi connectivity index (χ4v) is 9.77. The second-order valence-electron chi connectivity index (χ2n) is 18.5. The third kappa shape index (κ3) is 11.5. The van der Waals surface area contributed by atoms with E-state index in [-0.39, 0.29) is 43.5 Å². The molecule has 3 heterocycles. The number of fused-ring (bicyclic) bond motifs is 4. The summed E-state index contributed by atoms with van der Waals surface area (Å²) in [7, 11) is -6.63. The van der Waals surface area contributed by atoms with Crippen LogP contribution < -0.4 is 9.62 Å². The van der Waals surface area contributed by atoms with Crippen LogP contribution in [0.25, 0.3) is 22.0 Å². The van der Waals surface area contributed by atoms with E-state index >= 15 is 8.78 Å². The highest BCUT2D eigenvalue weighted by Crippen LogP contribution is 2.68. The zero-order chi connectivity index (χ0) is 55.9. The number of halogens is 11. The number of likely N-dealkylation sites (N-methyl/N-ethyl adjacent to an activating group) is 2. The first-order chi connectivity index (χ1) is 34.4. The fourth-order valence-electron chi connectivity index (χ4n) is 8.44. The summed E-state index contributed by atoms with van der Waals surface area (Å²) in [5, 5.41) is 17.9. The number of hydrogen-bond acceptors (Lipinski definition) is 10. The second-order valence-corrected chi connectivity index (χ2v) is 23.3. The van der Waals surface area contributed by atoms with E-state index < -0.39 is 166 Å². The van der Waals surface area contributed by atoms with Crippen molar-refractivity contribution in [3.63, 3.8) is 0 Å². The van der Waals surface area contributed by atoms with Gasteiger partial charge in [0.05, 0.1) is 33.9 Å². The highest BCUT2D eigenvalue weighted by Gasteiger charge is 2.68. The number of hydrogen-bond donors (Lipinski definition) is 2. The summed E-state index contributed by atoms with van der Waals surface area (Å²) in [6.07, 6.45) is -11.5. The number of urea groups is 1. The van der Waals surface area contributed by atoms with E-state index in [9.17, 15) is 71.4 Å². The van der Waals surface area contributed by atoms with E-state index in [0.717, 1.165) is 66.5 Å². The van der Waals surface area contributed by atoms with Crippen molar-refractivity contribution in [2.45, 2.75) is 74.8 Å². The van der Waals surface area contributed by atoms with Crippen molar-refractivity contribution >= 4 is 66.2 Å². The molecule has 2 aliphatic rings. The highest BCUT2D eigenvalue weighted by molar-refractivity contribution is 7.93. The Balaban J connectivity index is 1.48. The summed E-state index contributed by atoms with van der Waals surface area (Å²) >= 11 is 6.66. The van der Waals surface area contributed by atoms with Gasteiger partial charge in [-0.15, -0.1) is 0 Å². The van der Waals surface area contributed by atoms with Gasteiger partial charge in [-0.25, -0.2) is 40.2 Å². The van der Waals surface area contributed by atoms with Gasteiger partial charge in [-0.2, -0.15) is 49.6 Å². The third-order valence-electron chi connectivity index (χ3n) is 12.4. The van der Waals surface area contributed by atoms with Crippen LogP contribution in [0.1, 0.15) is 66.1 Å². The Morgan fingerprint density at radius 3 is 2.11 bits per heavy atom. The first-order valence-electron chi connectivity index (χ1n) is 21.9. The monoisotopic (exact) mass is 1130 g/mol. The molecule has 17 nitrogen and oxygen atoms in total. The van der Waals surface area contributed by atoms with Crippen LogP contribution in [0.3, 0.4) is 0 Å². The first kappa shape index (κ1) is 56.1. The van der Waals surface area contributed by atoms with Gasteiger partial charge >= 0.3 is 24.5 Å². The summed E-state index contributed by atoms with van der Waals surface area (Å²) in [5.74, 6) is -6.17. The van der Waals surface area contributed by atoms with Crippen molar-refractivity contribution < 1.29 is 80.2 Å². The minimum absolute atomic E-state index is 0.0186. The molecule has 3 atom stereocenters. The van der Waals surface area contributed by atoms with E-state index in [1.54, 1.807) is 0 Å². The molecule has 0 bridgehead atoms. The van der Waals surface area contributed by atoms with E-state index in [1.165, 1.54) is 13.8 Å². The van der Waals surface area contributed by atoms with E-state index in [4.69, 9.17) is 11.6 Å². The number of carboxylic acid groups (broad SMARTS) is 1. The van der Waals surface area contributed by atoms with Crippen LogP contribution in [0.15, 0.2) is 42.5 Å². The second kappa shape index (κ2) is 19.5. The predicted octanol–water partition coefficient (Wildman–Crippen LogP) is 7.72. The lowest BCUT2D eigenvalue weighted by atomic mass is 9.93. The Morgan fingerprint density at radius 2 is 1.53 bits per heavy atom. The number of aromatic nitrogens is 5. The summed E-state index contributed by atoms with van der Waals surface area (Å²) in [6, 6.07) is 3.19. The Labute approximate surface area is 425 Å². The van der Waals surface area contributed by atoms with Gasteiger partial charge in [0.15, 0.2) is 21.3 Å². The molecule has 404 valence electrons. The van der Waals surface area contributed by atoms with Crippen LogP contribution in [-0.2, 0) is 56.3 Å². The average Bonchev–Trinajstić information content (AvgIpc) is 3.78. The molecule has 5 aromatic rings. The van der Waals surface area contributed by atoms with Gasteiger partial charge in [0, 0.05) is 62.1 Å². The Bertz CT molecular complexity index is 3450. The molecule has 3 aromatic heterocycles. The van der Waals surface area contributed by atoms with Gasteiger partial charge in [-0.05, 0) is 74.4 Å². The predicted molar refractivity (Wildman–Crippen MR) is 249 cm³/mol. The number of amides is 4. The van der Waals surface area contributed by atoms with Crippen LogP contribution in [0.5, 0.6) is 0 Å². The number of rotatable bonds is 14. The molecule has 4 amide bonds. The van der Waals surface area contributed by atoms with Crippen LogP contribution in [0.4, 0.5) is 59.3 Å². The van der Waals surface area contributed by atoms with Gasteiger partial charge < -0.3 is 20.2 Å². The summed E-state index contributed by atoms with van der Waals surface area (Å²) < 4.78 is 198. The van der Waals surface area contributed by atoms with E-state index in [2.05, 4.69) is 32.3 Å². The molecule has 0 saturated heterocycles.